The summed E-state index contributed by atoms with van der Waals surface area (Å²) >= 11 is 4.64. The second-order valence-electron chi connectivity index (χ2n) is 4.11. The molecule has 1 rings (SSSR count). The lowest BCUT2D eigenvalue weighted by molar-refractivity contribution is 0.309. The molecule has 0 heterocycles. The van der Waals surface area contributed by atoms with Crippen LogP contribution in [0.4, 0.5) is 0 Å². The number of nitrogens with zero attached hydrogens (tertiary/aromatic N) is 1. The van der Waals surface area contributed by atoms with Gasteiger partial charge in [0.05, 0.1) is 12.8 Å². The predicted molar refractivity (Wildman–Crippen MR) is 84.2 cm³/mol. The summed E-state index contributed by atoms with van der Waals surface area (Å²) in [6.45, 7) is 2.66. The Morgan fingerprint density at radius 2 is 2.30 bits per heavy atom. The number of hydrazone groups is 1. The van der Waals surface area contributed by atoms with E-state index < -0.39 is 7.12 Å². The summed E-state index contributed by atoms with van der Waals surface area (Å²) in [5, 5.41) is 22.3. The van der Waals surface area contributed by atoms with Crippen LogP contribution in [0.2, 0.25) is 0 Å². The Balaban J connectivity index is 2.90. The highest BCUT2D eigenvalue weighted by atomic mass is 32.1. The molecule has 6 nitrogen and oxygen atoms in total. The minimum atomic E-state index is -1.55. The van der Waals surface area contributed by atoms with E-state index in [9.17, 15) is 10.0 Å². The van der Waals surface area contributed by atoms with Gasteiger partial charge in [-0.2, -0.15) is 5.10 Å². The van der Waals surface area contributed by atoms with Crippen molar-refractivity contribution in [2.45, 2.75) is 19.8 Å². The van der Waals surface area contributed by atoms with Gasteiger partial charge in [-0.15, -0.1) is 0 Å². The fourth-order valence-electron chi connectivity index (χ4n) is 1.45. The Bertz CT molecular complexity index is 483. The molecule has 0 aliphatic carbocycles. The average Bonchev–Trinajstić information content (AvgIpc) is 2.39. The van der Waals surface area contributed by atoms with E-state index in [0.717, 1.165) is 12.8 Å². The number of hydrogen-bond donors (Lipinski definition) is 4. The number of hydrogen-bond acceptors (Lipinski definition) is 5. The van der Waals surface area contributed by atoms with Crippen LogP contribution in [-0.4, -0.2) is 35.1 Å². The number of ether oxygens (including phenoxy) is 1. The summed E-state index contributed by atoms with van der Waals surface area (Å²) in [6, 6.07) is 4.84. The summed E-state index contributed by atoms with van der Waals surface area (Å²) in [5.74, 6) is 0.608. The third-order valence-electron chi connectivity index (χ3n) is 2.47. The second kappa shape index (κ2) is 8.52. The predicted octanol–water partition coefficient (Wildman–Crippen LogP) is -0.288. The first-order chi connectivity index (χ1) is 9.54. The van der Waals surface area contributed by atoms with Gasteiger partial charge in [-0.3, -0.25) is 5.43 Å². The number of benzene rings is 1. The zero-order valence-electron chi connectivity index (χ0n) is 11.2. The van der Waals surface area contributed by atoms with Crippen molar-refractivity contribution in [2.24, 2.45) is 10.8 Å². The van der Waals surface area contributed by atoms with E-state index in [2.05, 4.69) is 29.7 Å². The van der Waals surface area contributed by atoms with Gasteiger partial charge in [0.2, 0.25) is 0 Å². The summed E-state index contributed by atoms with van der Waals surface area (Å²) in [4.78, 5) is 0. The van der Waals surface area contributed by atoms with Crippen LogP contribution in [0.3, 0.4) is 0 Å². The molecule has 8 heteroatoms. The van der Waals surface area contributed by atoms with E-state index in [0.29, 0.717) is 23.4 Å². The molecule has 0 unspecified atom stereocenters. The van der Waals surface area contributed by atoms with Gasteiger partial charge in [0, 0.05) is 5.56 Å². The van der Waals surface area contributed by atoms with Crippen molar-refractivity contribution in [2.75, 3.05) is 6.61 Å². The fraction of sp³-hybridized carbons (Fsp3) is 0.333. The van der Waals surface area contributed by atoms with Gasteiger partial charge in [-0.25, -0.2) is 0 Å². The topological polar surface area (TPSA) is 100 Å². The Hall–Kier alpha value is -1.64. The maximum atomic E-state index is 9.18. The number of nitrogens with one attached hydrogen (secondary N) is 1. The molecule has 0 atom stereocenters. The number of nitrogens with two attached hydrogens (primary N) is 1. The smallest absolute Gasteiger partial charge is 0.488 e. The average molecular weight is 295 g/mol. The summed E-state index contributed by atoms with van der Waals surface area (Å²) in [7, 11) is -1.55. The van der Waals surface area contributed by atoms with Crippen LogP contribution in [0.5, 0.6) is 5.75 Å². The minimum Gasteiger partial charge on any atom is -0.493 e. The van der Waals surface area contributed by atoms with Crippen molar-refractivity contribution < 1.29 is 14.8 Å². The normalized spacial score (nSPS) is 10.6. The van der Waals surface area contributed by atoms with Crippen molar-refractivity contribution in [3.63, 3.8) is 0 Å². The molecule has 0 radical (unpaired) electrons. The van der Waals surface area contributed by atoms with Gasteiger partial charge in [-0.05, 0) is 36.2 Å². The lowest BCUT2D eigenvalue weighted by Gasteiger charge is -2.10. The van der Waals surface area contributed by atoms with Crippen molar-refractivity contribution >= 4 is 36.1 Å². The first-order valence-electron chi connectivity index (χ1n) is 6.26. The standard InChI is InChI=1S/C12H18BN3O3S/c1-2-3-6-19-11-5-4-10(13(17)18)7-9(11)8-15-16-12(14)20/h4-5,7-8,17-18H,2-3,6H2,1H3,(H3,14,16,20). The van der Waals surface area contributed by atoms with Crippen LogP contribution in [0, 0.1) is 0 Å². The molecule has 0 amide bonds. The summed E-state index contributed by atoms with van der Waals surface area (Å²) < 4.78 is 5.62. The molecule has 1 aromatic carbocycles. The third-order valence-corrected chi connectivity index (χ3v) is 2.56. The molecule has 0 bridgehead atoms. The Kier molecular flexibility index (Phi) is 6.99. The van der Waals surface area contributed by atoms with E-state index in [1.54, 1.807) is 18.2 Å². The highest BCUT2D eigenvalue weighted by Gasteiger charge is 2.13. The molecular weight excluding hydrogens is 277 g/mol. The third kappa shape index (κ3) is 5.56. The second-order valence-corrected chi connectivity index (χ2v) is 4.55. The van der Waals surface area contributed by atoms with Gasteiger partial charge in [0.15, 0.2) is 5.11 Å². The van der Waals surface area contributed by atoms with Crippen LogP contribution >= 0.6 is 12.2 Å². The zero-order valence-corrected chi connectivity index (χ0v) is 12.1. The molecule has 0 fully saturated rings. The van der Waals surface area contributed by atoms with Gasteiger partial charge in [0.25, 0.3) is 0 Å². The van der Waals surface area contributed by atoms with Crippen LogP contribution in [0.15, 0.2) is 23.3 Å². The van der Waals surface area contributed by atoms with E-state index >= 15 is 0 Å². The Labute approximate surface area is 123 Å². The van der Waals surface area contributed by atoms with Crippen LogP contribution in [0.1, 0.15) is 25.3 Å². The molecule has 20 heavy (non-hydrogen) atoms. The van der Waals surface area contributed by atoms with Gasteiger partial charge >= 0.3 is 7.12 Å². The van der Waals surface area contributed by atoms with Crippen molar-refractivity contribution in [1.29, 1.82) is 0 Å². The maximum absolute atomic E-state index is 9.18. The van der Waals surface area contributed by atoms with Crippen molar-refractivity contribution in [3.8, 4) is 5.75 Å². The maximum Gasteiger partial charge on any atom is 0.488 e. The SMILES string of the molecule is CCCCOc1ccc(B(O)O)cc1C=NNC(N)=S. The largest absolute Gasteiger partial charge is 0.493 e. The fourth-order valence-corrected chi connectivity index (χ4v) is 1.50. The lowest BCUT2D eigenvalue weighted by Crippen LogP contribution is -2.30. The Morgan fingerprint density at radius 1 is 1.55 bits per heavy atom. The first-order valence-corrected chi connectivity index (χ1v) is 6.66. The highest BCUT2D eigenvalue weighted by Crippen LogP contribution is 2.15. The van der Waals surface area contributed by atoms with Crippen LogP contribution in [-0.2, 0) is 0 Å². The van der Waals surface area contributed by atoms with Crippen LogP contribution in [0.25, 0.3) is 0 Å². The molecule has 0 aromatic heterocycles. The molecule has 5 N–H and O–H groups in total. The number of unbranched alkanes of at least 4 members (excludes halogenated alkanes) is 1. The van der Waals surface area contributed by atoms with E-state index in [-0.39, 0.29) is 5.11 Å². The molecule has 0 aliphatic rings. The molecule has 0 saturated carbocycles. The molecule has 0 spiro atoms. The van der Waals surface area contributed by atoms with Crippen LogP contribution < -0.4 is 21.4 Å². The van der Waals surface area contributed by atoms with E-state index in [1.807, 2.05) is 0 Å². The molecule has 0 aliphatic heterocycles. The molecule has 1 aromatic rings. The molecule has 108 valence electrons. The summed E-state index contributed by atoms with van der Waals surface area (Å²) in [5.41, 5.74) is 8.66. The van der Waals surface area contributed by atoms with Gasteiger partial charge in [0.1, 0.15) is 5.75 Å². The number of thiocarbonyl (C=S) groups is 1. The minimum absolute atomic E-state index is 0.0491. The highest BCUT2D eigenvalue weighted by molar-refractivity contribution is 7.80. The van der Waals surface area contributed by atoms with E-state index in [1.165, 1.54) is 6.21 Å². The molecular formula is C12H18BN3O3S. The zero-order chi connectivity index (χ0) is 15.0. The van der Waals surface area contributed by atoms with Crippen molar-refractivity contribution in [1.82, 2.24) is 5.43 Å². The molecule has 0 saturated heterocycles. The monoisotopic (exact) mass is 295 g/mol. The number of rotatable bonds is 7. The van der Waals surface area contributed by atoms with Gasteiger partial charge in [-0.1, -0.05) is 19.4 Å². The summed E-state index contributed by atoms with van der Waals surface area (Å²) in [6.07, 6.45) is 3.43. The first kappa shape index (κ1) is 16.4. The quantitative estimate of drug-likeness (QED) is 0.181. The van der Waals surface area contributed by atoms with Gasteiger partial charge < -0.3 is 20.5 Å². The lowest BCUT2D eigenvalue weighted by atomic mass is 9.79. The van der Waals surface area contributed by atoms with E-state index in [4.69, 9.17) is 10.5 Å². The Morgan fingerprint density at radius 3 is 2.90 bits per heavy atom. The van der Waals surface area contributed by atoms with Crippen molar-refractivity contribution in [3.05, 3.63) is 23.8 Å².